The van der Waals surface area contributed by atoms with E-state index in [1.165, 1.54) is 16.6 Å². The normalized spacial score (nSPS) is 15.7. The summed E-state index contributed by atoms with van der Waals surface area (Å²) in [5.41, 5.74) is 2.08. The fourth-order valence-electron chi connectivity index (χ4n) is 3.25. The standard InChI is InChI=1S/C19H22N4OS2/c1-21-17-7-3-2-6-16(17)20-19(21)26-14-18(24)23-10-8-22(9-11-23)13-15-5-4-12-25-15/h2-7,12H,8-11,13-14H2,1H3. The van der Waals surface area contributed by atoms with Crippen molar-refractivity contribution < 1.29 is 4.79 Å². The van der Waals surface area contributed by atoms with E-state index in [0.29, 0.717) is 5.75 Å². The van der Waals surface area contributed by atoms with Crippen molar-refractivity contribution in [2.45, 2.75) is 11.7 Å². The molecular formula is C19H22N4OS2. The van der Waals surface area contributed by atoms with Crippen LogP contribution >= 0.6 is 23.1 Å². The number of rotatable bonds is 5. The zero-order valence-electron chi connectivity index (χ0n) is 14.8. The number of thioether (sulfide) groups is 1. The highest BCUT2D eigenvalue weighted by Crippen LogP contribution is 2.23. The van der Waals surface area contributed by atoms with Crippen molar-refractivity contribution in [1.29, 1.82) is 0 Å². The second kappa shape index (κ2) is 7.82. The van der Waals surface area contributed by atoms with Crippen molar-refractivity contribution in [3.05, 3.63) is 46.7 Å². The summed E-state index contributed by atoms with van der Waals surface area (Å²) in [6.07, 6.45) is 0. The van der Waals surface area contributed by atoms with Crippen LogP contribution in [0.4, 0.5) is 0 Å². The Morgan fingerprint density at radius 2 is 1.96 bits per heavy atom. The summed E-state index contributed by atoms with van der Waals surface area (Å²) >= 11 is 3.33. The molecule has 136 valence electrons. The molecule has 1 aromatic carbocycles. The number of imidazole rings is 1. The molecule has 0 spiro atoms. The molecule has 1 fully saturated rings. The first-order valence-corrected chi connectivity index (χ1v) is 10.6. The van der Waals surface area contributed by atoms with Crippen molar-refractivity contribution in [2.75, 3.05) is 31.9 Å². The molecule has 0 radical (unpaired) electrons. The molecule has 0 unspecified atom stereocenters. The summed E-state index contributed by atoms with van der Waals surface area (Å²) in [5.74, 6) is 0.653. The topological polar surface area (TPSA) is 41.4 Å². The fourth-order valence-corrected chi connectivity index (χ4v) is 4.88. The van der Waals surface area contributed by atoms with Crippen molar-refractivity contribution in [3.8, 4) is 0 Å². The number of nitrogens with zero attached hydrogens (tertiary/aromatic N) is 4. The van der Waals surface area contributed by atoms with E-state index >= 15 is 0 Å². The van der Waals surface area contributed by atoms with Crippen LogP contribution in [0.2, 0.25) is 0 Å². The maximum atomic E-state index is 12.6. The Bertz CT molecular complexity index is 882. The molecule has 0 N–H and O–H groups in total. The van der Waals surface area contributed by atoms with E-state index in [2.05, 4.69) is 38.0 Å². The molecule has 0 atom stereocenters. The molecule has 1 aliphatic rings. The number of piperazine rings is 1. The van der Waals surface area contributed by atoms with Gasteiger partial charge in [-0.05, 0) is 23.6 Å². The number of hydrogen-bond acceptors (Lipinski definition) is 5. The van der Waals surface area contributed by atoms with Gasteiger partial charge >= 0.3 is 0 Å². The minimum absolute atomic E-state index is 0.206. The Morgan fingerprint density at radius 1 is 1.15 bits per heavy atom. The number of carbonyl (C=O) groups is 1. The molecule has 0 saturated carbocycles. The third kappa shape index (κ3) is 3.79. The van der Waals surface area contributed by atoms with E-state index in [4.69, 9.17) is 0 Å². The van der Waals surface area contributed by atoms with Crippen molar-refractivity contribution in [3.63, 3.8) is 0 Å². The van der Waals surface area contributed by atoms with Crippen LogP contribution in [0.25, 0.3) is 11.0 Å². The second-order valence-electron chi connectivity index (χ2n) is 6.47. The molecule has 7 heteroatoms. The van der Waals surface area contributed by atoms with Crippen molar-refractivity contribution in [2.24, 2.45) is 7.05 Å². The molecule has 1 amide bonds. The lowest BCUT2D eigenvalue weighted by Crippen LogP contribution is -2.48. The van der Waals surface area contributed by atoms with E-state index in [9.17, 15) is 4.79 Å². The van der Waals surface area contributed by atoms with E-state index in [-0.39, 0.29) is 5.91 Å². The Balaban J connectivity index is 1.29. The van der Waals surface area contributed by atoms with Gasteiger partial charge in [-0.25, -0.2) is 4.98 Å². The van der Waals surface area contributed by atoms with Gasteiger partial charge < -0.3 is 9.47 Å². The molecule has 5 nitrogen and oxygen atoms in total. The van der Waals surface area contributed by atoms with Gasteiger partial charge in [0.05, 0.1) is 16.8 Å². The molecule has 3 heterocycles. The monoisotopic (exact) mass is 386 g/mol. The van der Waals surface area contributed by atoms with Crippen LogP contribution in [0.1, 0.15) is 4.88 Å². The molecule has 1 aliphatic heterocycles. The summed E-state index contributed by atoms with van der Waals surface area (Å²) in [6.45, 7) is 4.51. The fraction of sp³-hybridized carbons (Fsp3) is 0.368. The minimum Gasteiger partial charge on any atom is -0.339 e. The third-order valence-corrected chi connectivity index (χ3v) is 6.63. The average Bonchev–Trinajstić information content (AvgIpc) is 3.29. The lowest BCUT2D eigenvalue weighted by molar-refractivity contribution is -0.130. The van der Waals surface area contributed by atoms with Crippen molar-refractivity contribution in [1.82, 2.24) is 19.4 Å². The summed E-state index contributed by atoms with van der Waals surface area (Å²) in [6, 6.07) is 12.3. The molecule has 0 bridgehead atoms. The number of aromatic nitrogens is 2. The van der Waals surface area contributed by atoms with Gasteiger partial charge in [0.1, 0.15) is 0 Å². The first-order valence-electron chi connectivity index (χ1n) is 8.77. The van der Waals surface area contributed by atoms with E-state index in [0.717, 1.165) is 48.9 Å². The zero-order valence-corrected chi connectivity index (χ0v) is 16.4. The highest BCUT2D eigenvalue weighted by atomic mass is 32.2. The summed E-state index contributed by atoms with van der Waals surface area (Å²) in [5, 5.41) is 3.02. The second-order valence-corrected chi connectivity index (χ2v) is 8.44. The van der Waals surface area contributed by atoms with Crippen LogP contribution in [0, 0.1) is 0 Å². The van der Waals surface area contributed by atoms with E-state index in [1.54, 1.807) is 11.3 Å². The van der Waals surface area contributed by atoms with Gasteiger partial charge in [0.15, 0.2) is 5.16 Å². The molecule has 3 aromatic rings. The number of fused-ring (bicyclic) bond motifs is 1. The maximum Gasteiger partial charge on any atom is 0.233 e. The summed E-state index contributed by atoms with van der Waals surface area (Å²) in [4.78, 5) is 23.0. The molecule has 4 rings (SSSR count). The summed E-state index contributed by atoms with van der Waals surface area (Å²) < 4.78 is 2.06. The molecular weight excluding hydrogens is 364 g/mol. The Labute approximate surface area is 161 Å². The lowest BCUT2D eigenvalue weighted by atomic mass is 10.3. The SMILES string of the molecule is Cn1c(SCC(=O)N2CCN(Cc3cccs3)CC2)nc2ccccc21. The van der Waals surface area contributed by atoms with Crippen LogP contribution in [0.3, 0.4) is 0 Å². The van der Waals surface area contributed by atoms with E-state index in [1.807, 2.05) is 30.1 Å². The smallest absolute Gasteiger partial charge is 0.233 e. The number of thiophene rings is 1. The Hall–Kier alpha value is -1.83. The van der Waals surface area contributed by atoms with Gasteiger partial charge in [-0.3, -0.25) is 9.69 Å². The summed E-state index contributed by atoms with van der Waals surface area (Å²) in [7, 11) is 2.01. The minimum atomic E-state index is 0.206. The van der Waals surface area contributed by atoms with Gasteiger partial charge in [-0.1, -0.05) is 30.0 Å². The number of para-hydroxylation sites is 2. The van der Waals surface area contributed by atoms with Gasteiger partial charge in [0.2, 0.25) is 5.91 Å². The highest BCUT2D eigenvalue weighted by Gasteiger charge is 2.22. The van der Waals surface area contributed by atoms with E-state index < -0.39 is 0 Å². The average molecular weight is 387 g/mol. The first kappa shape index (κ1) is 17.6. The first-order chi connectivity index (χ1) is 12.7. The number of hydrogen-bond donors (Lipinski definition) is 0. The van der Waals surface area contributed by atoms with Gasteiger partial charge in [-0.15, -0.1) is 11.3 Å². The van der Waals surface area contributed by atoms with Gasteiger partial charge in [0.25, 0.3) is 0 Å². The number of amides is 1. The third-order valence-electron chi connectivity index (χ3n) is 4.76. The van der Waals surface area contributed by atoms with Crippen LogP contribution in [-0.2, 0) is 18.4 Å². The van der Waals surface area contributed by atoms with Crippen LogP contribution in [0.5, 0.6) is 0 Å². The zero-order chi connectivity index (χ0) is 17.9. The van der Waals surface area contributed by atoms with Crippen LogP contribution < -0.4 is 0 Å². The predicted molar refractivity (Wildman–Crippen MR) is 108 cm³/mol. The molecule has 1 saturated heterocycles. The van der Waals surface area contributed by atoms with Crippen LogP contribution in [-0.4, -0.2) is 57.2 Å². The predicted octanol–water partition coefficient (Wildman–Crippen LogP) is 3.07. The van der Waals surface area contributed by atoms with Crippen molar-refractivity contribution >= 4 is 40.0 Å². The van der Waals surface area contributed by atoms with Gasteiger partial charge in [-0.2, -0.15) is 0 Å². The van der Waals surface area contributed by atoms with Crippen LogP contribution in [0.15, 0.2) is 46.9 Å². The van der Waals surface area contributed by atoms with Gasteiger partial charge in [0, 0.05) is 44.6 Å². The number of carbonyl (C=O) groups excluding carboxylic acids is 1. The molecule has 0 aliphatic carbocycles. The lowest BCUT2D eigenvalue weighted by Gasteiger charge is -2.34. The Kier molecular flexibility index (Phi) is 5.28. The molecule has 26 heavy (non-hydrogen) atoms. The molecule has 2 aromatic heterocycles. The quantitative estimate of drug-likeness (QED) is 0.632. The maximum absolute atomic E-state index is 12.6. The number of benzene rings is 1. The largest absolute Gasteiger partial charge is 0.339 e. The highest BCUT2D eigenvalue weighted by molar-refractivity contribution is 7.99. The number of aryl methyl sites for hydroxylation is 1. The Morgan fingerprint density at radius 3 is 2.69 bits per heavy atom.